The Hall–Kier alpha value is -3.36. The van der Waals surface area contributed by atoms with Crippen LogP contribution in [0, 0.1) is 0 Å². The number of fused-ring (bicyclic) bond motifs is 1. The Labute approximate surface area is 202 Å². The van der Waals surface area contributed by atoms with Crippen LogP contribution in [-0.4, -0.2) is 63.8 Å². The molecule has 4 N–H and O–H groups in total. The fraction of sp³-hybridized carbons (Fsp3) is 0.407. The Morgan fingerprint density at radius 3 is 2.86 bits per heavy atom. The van der Waals surface area contributed by atoms with E-state index in [-0.39, 0.29) is 29.8 Å². The third-order valence-corrected chi connectivity index (χ3v) is 9.02. The standard InChI is InChI=1S/C27H27N3O5/c1-2-10-30-11-9-26-21-14-3-6-19(31)22(21)35-23(26)18(7-8-27(26,34)20(30)12-14)28-15-4-5-16-17(13-15)25(33)29-24(16)32/h2-6,13,18,20,23,28,31,34H,1,7-12H2,(H,29,32,33)/t18-,20-,23+,26+,27?/m1/s1. The highest BCUT2D eigenvalue weighted by atomic mass is 16.5. The molecule has 1 saturated carbocycles. The lowest BCUT2D eigenvalue weighted by Gasteiger charge is -2.64. The molecule has 3 aliphatic heterocycles. The zero-order chi connectivity index (χ0) is 24.1. The van der Waals surface area contributed by atoms with Crippen LogP contribution in [0.15, 0.2) is 43.0 Å². The lowest BCUT2D eigenvalue weighted by atomic mass is 9.48. The number of ether oxygens (including phenoxy) is 1. The van der Waals surface area contributed by atoms with Crippen molar-refractivity contribution >= 4 is 17.5 Å². The van der Waals surface area contributed by atoms with E-state index in [0.717, 1.165) is 23.4 Å². The molecule has 1 saturated heterocycles. The zero-order valence-electron chi connectivity index (χ0n) is 19.2. The monoisotopic (exact) mass is 473 g/mol. The van der Waals surface area contributed by atoms with Crippen molar-refractivity contribution in [1.82, 2.24) is 10.2 Å². The smallest absolute Gasteiger partial charge is 0.259 e. The van der Waals surface area contributed by atoms with Gasteiger partial charge in [0.2, 0.25) is 0 Å². The summed E-state index contributed by atoms with van der Waals surface area (Å²) in [5.74, 6) is -0.174. The third-order valence-electron chi connectivity index (χ3n) is 9.02. The predicted molar refractivity (Wildman–Crippen MR) is 128 cm³/mol. The Balaban J connectivity index is 1.32. The van der Waals surface area contributed by atoms with Crippen LogP contribution in [0.5, 0.6) is 11.5 Å². The molecule has 35 heavy (non-hydrogen) atoms. The van der Waals surface area contributed by atoms with Gasteiger partial charge in [0, 0.05) is 23.8 Å². The SMILES string of the molecule is C=CCN1CC[C@]23c4c5ccc(O)c4O[C@H]2[C@H](Nc2ccc4c(c2)C(=O)NC4=O)CCC3(O)[C@H]1C5. The van der Waals surface area contributed by atoms with E-state index in [9.17, 15) is 19.8 Å². The molecule has 0 aromatic heterocycles. The molecule has 7 rings (SSSR count). The summed E-state index contributed by atoms with van der Waals surface area (Å²) in [5.41, 5.74) is 1.91. The summed E-state index contributed by atoms with van der Waals surface area (Å²) in [6, 6.07) is 8.62. The number of rotatable bonds is 4. The topological polar surface area (TPSA) is 111 Å². The highest BCUT2D eigenvalue weighted by molar-refractivity contribution is 6.21. The number of aromatic hydroxyl groups is 1. The molecule has 8 nitrogen and oxygen atoms in total. The number of carbonyl (C=O) groups is 2. The van der Waals surface area contributed by atoms with Gasteiger partial charge in [0.1, 0.15) is 6.10 Å². The van der Waals surface area contributed by atoms with E-state index in [2.05, 4.69) is 22.1 Å². The molecule has 3 heterocycles. The number of anilines is 1. The second kappa shape index (κ2) is 6.86. The lowest BCUT2D eigenvalue weighted by molar-refractivity contribution is -0.185. The molecule has 5 aliphatic rings. The molecular formula is C27H27N3O5. The molecule has 2 fully saturated rings. The summed E-state index contributed by atoms with van der Waals surface area (Å²) in [4.78, 5) is 26.5. The number of nitrogens with one attached hydrogen (secondary N) is 2. The van der Waals surface area contributed by atoms with Crippen molar-refractivity contribution in [2.75, 3.05) is 18.4 Å². The van der Waals surface area contributed by atoms with E-state index >= 15 is 0 Å². The van der Waals surface area contributed by atoms with Gasteiger partial charge in [-0.1, -0.05) is 12.1 Å². The Morgan fingerprint density at radius 2 is 2.03 bits per heavy atom. The first kappa shape index (κ1) is 21.0. The van der Waals surface area contributed by atoms with Crippen LogP contribution in [0.3, 0.4) is 0 Å². The van der Waals surface area contributed by atoms with Crippen molar-refractivity contribution in [3.05, 3.63) is 65.2 Å². The van der Waals surface area contributed by atoms with Crippen LogP contribution in [0.1, 0.15) is 51.1 Å². The average Bonchev–Trinajstić information content (AvgIpc) is 3.33. The summed E-state index contributed by atoms with van der Waals surface area (Å²) in [6.45, 7) is 5.44. The highest BCUT2D eigenvalue weighted by Gasteiger charge is 2.72. The Morgan fingerprint density at radius 1 is 1.20 bits per heavy atom. The van der Waals surface area contributed by atoms with Gasteiger partial charge in [0.25, 0.3) is 11.8 Å². The molecule has 2 aliphatic carbocycles. The first-order valence-corrected chi connectivity index (χ1v) is 12.2. The zero-order valence-corrected chi connectivity index (χ0v) is 19.2. The van der Waals surface area contributed by atoms with Gasteiger partial charge >= 0.3 is 0 Å². The predicted octanol–water partition coefficient (Wildman–Crippen LogP) is 2.10. The summed E-state index contributed by atoms with van der Waals surface area (Å²) in [6.07, 6.45) is 4.16. The van der Waals surface area contributed by atoms with E-state index in [4.69, 9.17) is 4.74 Å². The van der Waals surface area contributed by atoms with E-state index in [0.29, 0.717) is 49.1 Å². The molecule has 8 heteroatoms. The van der Waals surface area contributed by atoms with Gasteiger partial charge in [-0.25, -0.2) is 0 Å². The number of phenolic OH excluding ortho intramolecular Hbond substituents is 1. The summed E-state index contributed by atoms with van der Waals surface area (Å²) >= 11 is 0. The normalized spacial score (nSPS) is 34.0. The second-order valence-electron chi connectivity index (χ2n) is 10.5. The first-order valence-electron chi connectivity index (χ1n) is 12.2. The third kappa shape index (κ3) is 2.48. The number of aliphatic hydroxyl groups is 1. The van der Waals surface area contributed by atoms with Gasteiger partial charge in [-0.2, -0.15) is 0 Å². The van der Waals surface area contributed by atoms with Crippen LogP contribution < -0.4 is 15.4 Å². The summed E-state index contributed by atoms with van der Waals surface area (Å²) < 4.78 is 6.54. The number of benzene rings is 2. The van der Waals surface area contributed by atoms with E-state index in [1.54, 1.807) is 24.3 Å². The molecule has 1 unspecified atom stereocenters. The van der Waals surface area contributed by atoms with Crippen molar-refractivity contribution in [2.45, 2.75) is 54.9 Å². The van der Waals surface area contributed by atoms with E-state index in [1.807, 2.05) is 12.1 Å². The van der Waals surface area contributed by atoms with Crippen LogP contribution in [0.4, 0.5) is 5.69 Å². The van der Waals surface area contributed by atoms with Crippen molar-refractivity contribution in [3.63, 3.8) is 0 Å². The van der Waals surface area contributed by atoms with Crippen molar-refractivity contribution in [1.29, 1.82) is 0 Å². The molecule has 180 valence electrons. The number of amides is 2. The maximum Gasteiger partial charge on any atom is 0.259 e. The molecule has 2 bridgehead atoms. The fourth-order valence-electron chi connectivity index (χ4n) is 7.63. The molecule has 0 radical (unpaired) electrons. The molecule has 2 aromatic carbocycles. The lowest BCUT2D eigenvalue weighted by Crippen LogP contribution is -2.77. The van der Waals surface area contributed by atoms with Gasteiger partial charge in [-0.15, -0.1) is 6.58 Å². The number of imide groups is 1. The van der Waals surface area contributed by atoms with Gasteiger partial charge in [0.05, 0.1) is 28.2 Å². The number of hydrogen-bond acceptors (Lipinski definition) is 7. The molecular weight excluding hydrogens is 446 g/mol. The van der Waals surface area contributed by atoms with Crippen LogP contribution >= 0.6 is 0 Å². The highest BCUT2D eigenvalue weighted by Crippen LogP contribution is 2.65. The Kier molecular flexibility index (Phi) is 4.11. The number of hydrogen-bond donors (Lipinski definition) is 4. The van der Waals surface area contributed by atoms with Crippen molar-refractivity contribution in [3.8, 4) is 11.5 Å². The van der Waals surface area contributed by atoms with Gasteiger partial charge in [-0.05, 0) is 62.1 Å². The first-order chi connectivity index (χ1) is 16.9. The van der Waals surface area contributed by atoms with Crippen molar-refractivity contribution < 1.29 is 24.5 Å². The molecule has 2 amide bonds. The van der Waals surface area contributed by atoms with Crippen molar-refractivity contribution in [2.24, 2.45) is 0 Å². The average molecular weight is 474 g/mol. The maximum atomic E-state index is 12.4. The van der Waals surface area contributed by atoms with Crippen LogP contribution in [0.2, 0.25) is 0 Å². The molecule has 1 spiro atoms. The molecule has 5 atom stereocenters. The molecule has 2 aromatic rings. The minimum atomic E-state index is -0.993. The fourth-order valence-corrected chi connectivity index (χ4v) is 7.63. The number of nitrogens with zero attached hydrogens (tertiary/aromatic N) is 1. The van der Waals surface area contributed by atoms with Gasteiger partial charge in [-0.3, -0.25) is 19.8 Å². The van der Waals surface area contributed by atoms with E-state index in [1.165, 1.54) is 0 Å². The number of carbonyl (C=O) groups excluding carboxylic acids is 2. The van der Waals surface area contributed by atoms with E-state index < -0.39 is 16.9 Å². The van der Waals surface area contributed by atoms with Crippen LogP contribution in [-0.2, 0) is 11.8 Å². The number of piperidine rings is 1. The summed E-state index contributed by atoms with van der Waals surface area (Å²) in [7, 11) is 0. The quantitative estimate of drug-likeness (QED) is 0.398. The van der Waals surface area contributed by atoms with Gasteiger partial charge < -0.3 is 20.3 Å². The minimum absolute atomic E-state index is 0.0565. The maximum absolute atomic E-state index is 12.4. The minimum Gasteiger partial charge on any atom is -0.504 e. The number of phenols is 1. The Bertz CT molecular complexity index is 1320. The second-order valence-corrected chi connectivity index (χ2v) is 10.5. The van der Waals surface area contributed by atoms with Gasteiger partial charge in [0.15, 0.2) is 11.5 Å². The number of likely N-dealkylation sites (tertiary alicyclic amines) is 1. The van der Waals surface area contributed by atoms with Crippen LogP contribution in [0.25, 0.3) is 0 Å². The summed E-state index contributed by atoms with van der Waals surface area (Å²) in [5, 5.41) is 29.0. The largest absolute Gasteiger partial charge is 0.504 e.